The molecular formula is C10H17ClN2S. The van der Waals surface area contributed by atoms with Gasteiger partial charge in [-0.15, -0.1) is 22.9 Å². The van der Waals surface area contributed by atoms with Crippen LogP contribution < -0.4 is 5.32 Å². The van der Waals surface area contributed by atoms with Crippen LogP contribution in [0.3, 0.4) is 0 Å². The molecule has 0 amide bonds. The summed E-state index contributed by atoms with van der Waals surface area (Å²) in [6.45, 7) is 6.14. The number of hydrogen-bond acceptors (Lipinski definition) is 3. The van der Waals surface area contributed by atoms with Gasteiger partial charge in [-0.3, -0.25) is 4.98 Å². The Kier molecular flexibility index (Phi) is 5.45. The van der Waals surface area contributed by atoms with Gasteiger partial charge >= 0.3 is 0 Å². The lowest BCUT2D eigenvalue weighted by Crippen LogP contribution is -2.23. The highest BCUT2D eigenvalue weighted by Crippen LogP contribution is 2.10. The van der Waals surface area contributed by atoms with Gasteiger partial charge in [0.15, 0.2) is 0 Å². The fraction of sp³-hybridized carbons (Fsp3) is 0.700. The number of aromatic nitrogens is 1. The number of alkyl halides is 1. The molecule has 14 heavy (non-hydrogen) atoms. The molecule has 0 bridgehead atoms. The summed E-state index contributed by atoms with van der Waals surface area (Å²) in [6, 6.07) is 0. The molecule has 1 N–H and O–H groups in total. The maximum absolute atomic E-state index is 6.14. The molecule has 1 unspecified atom stereocenters. The predicted molar refractivity (Wildman–Crippen MR) is 62.9 cm³/mol. The van der Waals surface area contributed by atoms with Crippen molar-refractivity contribution in [3.05, 3.63) is 16.6 Å². The van der Waals surface area contributed by atoms with E-state index >= 15 is 0 Å². The summed E-state index contributed by atoms with van der Waals surface area (Å²) in [7, 11) is 0. The molecule has 0 spiro atoms. The lowest BCUT2D eigenvalue weighted by Gasteiger charge is -2.12. The third-order valence-electron chi connectivity index (χ3n) is 1.88. The molecule has 1 aromatic rings. The summed E-state index contributed by atoms with van der Waals surface area (Å²) < 4.78 is 0. The van der Waals surface area contributed by atoms with Gasteiger partial charge in [-0.2, -0.15) is 0 Å². The number of nitrogens with zero attached hydrogens (tertiary/aromatic N) is 1. The zero-order valence-corrected chi connectivity index (χ0v) is 10.2. The minimum atomic E-state index is 0.239. The van der Waals surface area contributed by atoms with Crippen molar-refractivity contribution in [2.75, 3.05) is 6.54 Å². The summed E-state index contributed by atoms with van der Waals surface area (Å²) >= 11 is 7.81. The molecular weight excluding hydrogens is 216 g/mol. The molecule has 0 fully saturated rings. The van der Waals surface area contributed by atoms with Gasteiger partial charge in [-0.05, 0) is 12.3 Å². The normalized spacial score (nSPS) is 13.4. The molecule has 1 rings (SSSR count). The van der Waals surface area contributed by atoms with Crippen molar-refractivity contribution in [2.24, 2.45) is 5.92 Å². The number of halogens is 1. The van der Waals surface area contributed by atoms with E-state index in [4.69, 9.17) is 11.6 Å². The first-order valence-corrected chi connectivity index (χ1v) is 6.22. The number of hydrogen-bond donors (Lipinski definition) is 1. The lowest BCUT2D eigenvalue weighted by molar-refractivity contribution is 0.534. The van der Waals surface area contributed by atoms with E-state index in [-0.39, 0.29) is 5.38 Å². The van der Waals surface area contributed by atoms with Gasteiger partial charge in [-0.25, -0.2) is 0 Å². The highest BCUT2D eigenvalue weighted by molar-refractivity contribution is 7.09. The van der Waals surface area contributed by atoms with Gasteiger partial charge in [0.2, 0.25) is 0 Å². The van der Waals surface area contributed by atoms with Crippen molar-refractivity contribution in [2.45, 2.75) is 32.2 Å². The molecule has 0 saturated carbocycles. The second kappa shape index (κ2) is 6.38. The zero-order valence-electron chi connectivity index (χ0n) is 8.66. The first kappa shape index (κ1) is 12.0. The molecule has 0 radical (unpaired) electrons. The number of nitrogens with one attached hydrogen (secondary N) is 1. The van der Waals surface area contributed by atoms with Crippen LogP contribution in [0.4, 0.5) is 0 Å². The average Bonchev–Trinajstić information content (AvgIpc) is 2.55. The Balaban J connectivity index is 2.09. The summed E-state index contributed by atoms with van der Waals surface area (Å²) in [5, 5.41) is 3.57. The number of thiazole rings is 1. The maximum atomic E-state index is 6.14. The second-order valence-electron chi connectivity index (χ2n) is 3.83. The Hall–Kier alpha value is -0.120. The van der Waals surface area contributed by atoms with E-state index < -0.39 is 0 Å². The fourth-order valence-electron chi connectivity index (χ4n) is 1.28. The highest BCUT2D eigenvalue weighted by atomic mass is 35.5. The topological polar surface area (TPSA) is 24.9 Å². The predicted octanol–water partition coefficient (Wildman–Crippen LogP) is 2.89. The molecule has 0 saturated heterocycles. The SMILES string of the molecule is CC(C)CC(Cl)CNCc1cncs1. The molecule has 1 heterocycles. The summed E-state index contributed by atoms with van der Waals surface area (Å²) in [6.07, 6.45) is 2.96. The van der Waals surface area contributed by atoms with Crippen LogP contribution in [-0.4, -0.2) is 16.9 Å². The van der Waals surface area contributed by atoms with Crippen LogP contribution in [0.2, 0.25) is 0 Å². The van der Waals surface area contributed by atoms with Crippen molar-refractivity contribution in [1.29, 1.82) is 0 Å². The average molecular weight is 233 g/mol. The first-order valence-electron chi connectivity index (χ1n) is 4.90. The van der Waals surface area contributed by atoms with Crippen LogP contribution in [0.5, 0.6) is 0 Å². The van der Waals surface area contributed by atoms with Crippen molar-refractivity contribution in [3.63, 3.8) is 0 Å². The van der Waals surface area contributed by atoms with E-state index in [0.717, 1.165) is 19.5 Å². The first-order chi connectivity index (χ1) is 6.68. The minimum Gasteiger partial charge on any atom is -0.310 e. The summed E-state index contributed by atoms with van der Waals surface area (Å²) in [5.74, 6) is 0.669. The van der Waals surface area contributed by atoms with Crippen LogP contribution >= 0.6 is 22.9 Å². The Morgan fingerprint density at radius 1 is 1.57 bits per heavy atom. The quantitative estimate of drug-likeness (QED) is 0.763. The van der Waals surface area contributed by atoms with Gasteiger partial charge in [0.25, 0.3) is 0 Å². The third-order valence-corrected chi connectivity index (χ3v) is 2.99. The molecule has 0 aliphatic heterocycles. The van der Waals surface area contributed by atoms with Crippen molar-refractivity contribution >= 4 is 22.9 Å². The minimum absolute atomic E-state index is 0.239. The Labute approximate surface area is 94.7 Å². The molecule has 4 heteroatoms. The molecule has 80 valence electrons. The van der Waals surface area contributed by atoms with Crippen LogP contribution in [-0.2, 0) is 6.54 Å². The standard InChI is InChI=1S/C10H17ClN2S/c1-8(2)3-9(11)4-12-5-10-6-13-7-14-10/h6-9,12H,3-5H2,1-2H3. The van der Waals surface area contributed by atoms with Gasteiger partial charge < -0.3 is 5.32 Å². The van der Waals surface area contributed by atoms with Crippen molar-refractivity contribution < 1.29 is 0 Å². The van der Waals surface area contributed by atoms with E-state index in [1.165, 1.54) is 4.88 Å². The Morgan fingerprint density at radius 2 is 2.36 bits per heavy atom. The van der Waals surface area contributed by atoms with E-state index in [2.05, 4.69) is 24.1 Å². The second-order valence-corrected chi connectivity index (χ2v) is 5.41. The van der Waals surface area contributed by atoms with Crippen LogP contribution in [0.25, 0.3) is 0 Å². The van der Waals surface area contributed by atoms with Gasteiger partial charge in [-0.1, -0.05) is 13.8 Å². The van der Waals surface area contributed by atoms with Crippen molar-refractivity contribution in [3.8, 4) is 0 Å². The molecule has 0 aliphatic rings. The zero-order chi connectivity index (χ0) is 10.4. The third kappa shape index (κ3) is 4.94. The van der Waals surface area contributed by atoms with Gasteiger partial charge in [0.1, 0.15) is 0 Å². The van der Waals surface area contributed by atoms with Crippen LogP contribution in [0.1, 0.15) is 25.1 Å². The van der Waals surface area contributed by atoms with E-state index in [1.54, 1.807) is 11.3 Å². The van der Waals surface area contributed by atoms with Gasteiger partial charge in [0.05, 0.1) is 5.51 Å². The molecule has 2 nitrogen and oxygen atoms in total. The van der Waals surface area contributed by atoms with E-state index in [1.807, 2.05) is 11.7 Å². The lowest BCUT2D eigenvalue weighted by atomic mass is 10.1. The molecule has 0 aromatic carbocycles. The molecule has 0 aliphatic carbocycles. The molecule has 1 aromatic heterocycles. The Bertz CT molecular complexity index is 236. The smallest absolute Gasteiger partial charge is 0.0794 e. The van der Waals surface area contributed by atoms with E-state index in [0.29, 0.717) is 5.92 Å². The largest absolute Gasteiger partial charge is 0.310 e. The van der Waals surface area contributed by atoms with Crippen LogP contribution in [0, 0.1) is 5.92 Å². The van der Waals surface area contributed by atoms with Crippen molar-refractivity contribution in [1.82, 2.24) is 10.3 Å². The van der Waals surface area contributed by atoms with Gasteiger partial charge in [0, 0.05) is 29.5 Å². The highest BCUT2D eigenvalue weighted by Gasteiger charge is 2.06. The van der Waals surface area contributed by atoms with E-state index in [9.17, 15) is 0 Å². The number of rotatable bonds is 6. The molecule has 1 atom stereocenters. The maximum Gasteiger partial charge on any atom is 0.0794 e. The fourth-order valence-corrected chi connectivity index (χ4v) is 2.31. The summed E-state index contributed by atoms with van der Waals surface area (Å²) in [5.41, 5.74) is 1.85. The van der Waals surface area contributed by atoms with Crippen LogP contribution in [0.15, 0.2) is 11.7 Å². The Morgan fingerprint density at radius 3 is 2.93 bits per heavy atom. The monoisotopic (exact) mass is 232 g/mol. The summed E-state index contributed by atoms with van der Waals surface area (Å²) in [4.78, 5) is 5.28.